The van der Waals surface area contributed by atoms with Crippen LogP contribution in [0.25, 0.3) is 0 Å². The molecule has 3 aromatic rings. The molecule has 188 valence electrons. The molecule has 0 spiro atoms. The fourth-order valence-electron chi connectivity index (χ4n) is 3.14. The molecule has 2 aromatic carbocycles. The molecule has 0 radical (unpaired) electrons. The summed E-state index contributed by atoms with van der Waals surface area (Å²) in [4.78, 5) is 29.3. The topological polar surface area (TPSA) is 91.6 Å². The predicted octanol–water partition coefficient (Wildman–Crippen LogP) is 7.23. The maximum absolute atomic E-state index is 13.1. The van der Waals surface area contributed by atoms with Crippen LogP contribution in [0.4, 0.5) is 23.9 Å². The lowest BCUT2D eigenvalue weighted by Crippen LogP contribution is -2.25. The summed E-state index contributed by atoms with van der Waals surface area (Å²) in [6, 6.07) is 12.1. The second-order valence-corrected chi connectivity index (χ2v) is 8.82. The van der Waals surface area contributed by atoms with Gasteiger partial charge in [-0.3, -0.25) is 9.79 Å². The molecule has 1 heterocycles. The minimum atomic E-state index is -4.81. The molecule has 2 N–H and O–H groups in total. The SMILES string of the molecule is CCOC(=O)c1c(C)csc1NC(=O)c1ccc(C(CC(=N)C(F)(F)F)=Nc2ccccc2Cl)cc1. The Balaban J connectivity index is 1.88. The number of benzene rings is 2. The summed E-state index contributed by atoms with van der Waals surface area (Å²) in [6.07, 6.45) is -5.59. The molecular weight excluding hydrogens is 515 g/mol. The van der Waals surface area contributed by atoms with Crippen LogP contribution in [0.1, 0.15) is 45.2 Å². The molecular formula is C25H21ClF3N3O3S. The van der Waals surface area contributed by atoms with Crippen LogP contribution < -0.4 is 5.32 Å². The fraction of sp³-hybridized carbons (Fsp3) is 0.200. The zero-order valence-electron chi connectivity index (χ0n) is 19.2. The van der Waals surface area contributed by atoms with Gasteiger partial charge in [0.15, 0.2) is 0 Å². The monoisotopic (exact) mass is 535 g/mol. The molecule has 6 nitrogen and oxygen atoms in total. The van der Waals surface area contributed by atoms with Crippen molar-refractivity contribution < 1.29 is 27.5 Å². The van der Waals surface area contributed by atoms with Gasteiger partial charge in [-0.15, -0.1) is 11.3 Å². The van der Waals surface area contributed by atoms with Crippen molar-refractivity contribution in [3.63, 3.8) is 0 Å². The number of ether oxygens (including phenoxy) is 1. The number of aryl methyl sites for hydroxylation is 1. The molecule has 36 heavy (non-hydrogen) atoms. The Hall–Kier alpha value is -3.50. The number of carbonyl (C=O) groups is 2. The molecule has 0 atom stereocenters. The summed E-state index contributed by atoms with van der Waals surface area (Å²) < 4.78 is 44.3. The molecule has 1 aromatic heterocycles. The van der Waals surface area contributed by atoms with Crippen LogP contribution >= 0.6 is 22.9 Å². The van der Waals surface area contributed by atoms with Crippen LogP contribution in [0, 0.1) is 12.3 Å². The lowest BCUT2D eigenvalue weighted by Gasteiger charge is -2.12. The third-order valence-electron chi connectivity index (χ3n) is 4.96. The second-order valence-electron chi connectivity index (χ2n) is 7.54. The predicted molar refractivity (Wildman–Crippen MR) is 135 cm³/mol. The van der Waals surface area contributed by atoms with Crippen molar-refractivity contribution in [2.75, 3.05) is 11.9 Å². The van der Waals surface area contributed by atoms with E-state index in [0.717, 1.165) is 0 Å². The van der Waals surface area contributed by atoms with E-state index in [1.54, 1.807) is 43.5 Å². The molecule has 0 aliphatic rings. The molecule has 11 heteroatoms. The first-order valence-corrected chi connectivity index (χ1v) is 11.9. The highest BCUT2D eigenvalue weighted by atomic mass is 35.5. The number of esters is 1. The van der Waals surface area contributed by atoms with Gasteiger partial charge in [0.25, 0.3) is 5.91 Å². The summed E-state index contributed by atoms with van der Waals surface area (Å²) >= 11 is 7.29. The highest BCUT2D eigenvalue weighted by molar-refractivity contribution is 7.15. The van der Waals surface area contributed by atoms with Gasteiger partial charge in [0.05, 0.1) is 28.6 Å². The number of amides is 1. The van der Waals surface area contributed by atoms with E-state index < -0.39 is 30.2 Å². The molecule has 0 unspecified atom stereocenters. The second kappa shape index (κ2) is 11.5. The van der Waals surface area contributed by atoms with Crippen LogP contribution in [0.5, 0.6) is 0 Å². The van der Waals surface area contributed by atoms with Crippen molar-refractivity contribution in [3.8, 4) is 0 Å². The van der Waals surface area contributed by atoms with Crippen LogP contribution in [0.15, 0.2) is 58.9 Å². The number of aliphatic imine (C=N–C) groups is 1. The number of nitrogens with one attached hydrogen (secondary N) is 2. The van der Waals surface area contributed by atoms with Gasteiger partial charge in [-0.05, 0) is 54.6 Å². The van der Waals surface area contributed by atoms with E-state index in [1.807, 2.05) is 0 Å². The average molecular weight is 536 g/mol. The van der Waals surface area contributed by atoms with Gasteiger partial charge in [-0.2, -0.15) is 13.2 Å². The van der Waals surface area contributed by atoms with Gasteiger partial charge >= 0.3 is 12.1 Å². The third-order valence-corrected chi connectivity index (χ3v) is 6.29. The van der Waals surface area contributed by atoms with E-state index in [1.165, 1.54) is 35.6 Å². The van der Waals surface area contributed by atoms with E-state index >= 15 is 0 Å². The number of halogens is 4. The standard InChI is InChI=1S/C25H21ClF3N3O3S/c1-3-35-24(34)21-14(2)13-36-23(21)32-22(33)16-10-8-15(9-11-16)19(12-20(30)25(27,28)29)31-18-7-5-4-6-17(18)26/h4-11,13,30H,3,12H2,1-2H3,(H,32,33). The summed E-state index contributed by atoms with van der Waals surface area (Å²) in [6.45, 7) is 3.59. The Morgan fingerprint density at radius 2 is 1.75 bits per heavy atom. The van der Waals surface area contributed by atoms with Crippen LogP contribution in [-0.4, -0.2) is 36.1 Å². The molecule has 0 fully saturated rings. The number of hydrogen-bond acceptors (Lipinski definition) is 6. The summed E-state index contributed by atoms with van der Waals surface area (Å²) in [7, 11) is 0. The minimum Gasteiger partial charge on any atom is -0.462 e. The van der Waals surface area contributed by atoms with E-state index in [-0.39, 0.29) is 34.2 Å². The molecule has 1 amide bonds. The normalized spacial score (nSPS) is 11.8. The van der Waals surface area contributed by atoms with Crippen molar-refractivity contribution in [2.24, 2.45) is 4.99 Å². The number of rotatable bonds is 8. The highest BCUT2D eigenvalue weighted by Gasteiger charge is 2.35. The van der Waals surface area contributed by atoms with Crippen molar-refractivity contribution in [1.29, 1.82) is 5.41 Å². The number of carbonyl (C=O) groups excluding carboxylic acids is 2. The van der Waals surface area contributed by atoms with Gasteiger partial charge in [0.2, 0.25) is 0 Å². The fourth-order valence-corrected chi connectivity index (χ4v) is 4.25. The van der Waals surface area contributed by atoms with E-state index in [9.17, 15) is 22.8 Å². The maximum atomic E-state index is 13.1. The Kier molecular flexibility index (Phi) is 8.65. The van der Waals surface area contributed by atoms with E-state index in [0.29, 0.717) is 16.1 Å². The Labute approximate surface area is 214 Å². The van der Waals surface area contributed by atoms with Crippen molar-refractivity contribution in [1.82, 2.24) is 0 Å². The Bertz CT molecular complexity index is 1320. The molecule has 0 saturated carbocycles. The Morgan fingerprint density at radius 3 is 2.36 bits per heavy atom. The van der Waals surface area contributed by atoms with Crippen LogP contribution in [-0.2, 0) is 4.74 Å². The van der Waals surface area contributed by atoms with Gasteiger partial charge in [0, 0.05) is 12.0 Å². The highest BCUT2D eigenvalue weighted by Crippen LogP contribution is 2.30. The first kappa shape index (κ1) is 27.1. The maximum Gasteiger partial charge on any atom is 0.429 e. The van der Waals surface area contributed by atoms with Crippen LogP contribution in [0.2, 0.25) is 5.02 Å². The summed E-state index contributed by atoms with van der Waals surface area (Å²) in [5.41, 5.74) is 0.196. The first-order valence-electron chi connectivity index (χ1n) is 10.6. The average Bonchev–Trinajstić information content (AvgIpc) is 3.19. The number of para-hydroxylation sites is 1. The third kappa shape index (κ3) is 6.58. The number of anilines is 1. The van der Waals surface area contributed by atoms with Crippen molar-refractivity contribution in [2.45, 2.75) is 26.4 Å². The number of nitrogens with zero attached hydrogens (tertiary/aromatic N) is 1. The van der Waals surface area contributed by atoms with Crippen molar-refractivity contribution >= 4 is 56.9 Å². The molecule has 0 aliphatic carbocycles. The van der Waals surface area contributed by atoms with Gasteiger partial charge in [-0.1, -0.05) is 35.9 Å². The molecule has 0 aliphatic heterocycles. The zero-order chi connectivity index (χ0) is 26.5. The summed E-state index contributed by atoms with van der Waals surface area (Å²) in [5, 5.41) is 12.4. The number of thiophene rings is 1. The van der Waals surface area contributed by atoms with Gasteiger partial charge < -0.3 is 15.5 Å². The molecule has 0 bridgehead atoms. The van der Waals surface area contributed by atoms with E-state index in [4.69, 9.17) is 21.7 Å². The summed E-state index contributed by atoms with van der Waals surface area (Å²) in [5.74, 6) is -1.06. The van der Waals surface area contributed by atoms with Crippen LogP contribution in [0.3, 0.4) is 0 Å². The number of alkyl halides is 3. The van der Waals surface area contributed by atoms with Crippen molar-refractivity contribution in [3.05, 3.63) is 81.2 Å². The zero-order valence-corrected chi connectivity index (χ0v) is 20.8. The Morgan fingerprint density at radius 1 is 1.11 bits per heavy atom. The lowest BCUT2D eigenvalue weighted by molar-refractivity contribution is -0.0605. The number of hydrogen-bond donors (Lipinski definition) is 2. The molecule has 0 saturated heterocycles. The smallest absolute Gasteiger partial charge is 0.429 e. The van der Waals surface area contributed by atoms with Gasteiger partial charge in [0.1, 0.15) is 10.7 Å². The largest absolute Gasteiger partial charge is 0.462 e. The van der Waals surface area contributed by atoms with Gasteiger partial charge in [-0.25, -0.2) is 4.79 Å². The first-order chi connectivity index (χ1) is 17.0. The molecule has 3 rings (SSSR count). The lowest BCUT2D eigenvalue weighted by atomic mass is 10.0. The van der Waals surface area contributed by atoms with E-state index in [2.05, 4.69) is 10.3 Å². The minimum absolute atomic E-state index is 0.0316. The quantitative estimate of drug-likeness (QED) is 0.235.